The van der Waals surface area contributed by atoms with Crippen molar-refractivity contribution in [3.63, 3.8) is 0 Å². The van der Waals surface area contributed by atoms with Crippen LogP contribution in [-0.4, -0.2) is 31.4 Å². The van der Waals surface area contributed by atoms with Crippen LogP contribution < -0.4 is 15.2 Å². The molecule has 0 spiro atoms. The van der Waals surface area contributed by atoms with Gasteiger partial charge in [-0.25, -0.2) is 4.39 Å². The van der Waals surface area contributed by atoms with Crippen LogP contribution in [0.3, 0.4) is 0 Å². The number of hydrogen-bond donors (Lipinski definition) is 1. The summed E-state index contributed by atoms with van der Waals surface area (Å²) in [6.07, 6.45) is 5.04. The second-order valence-electron chi connectivity index (χ2n) is 5.87. The topological polar surface area (TPSA) is 61.5 Å². The number of carbonyl (C=O) groups excluding carboxylic acids is 1. The molecule has 0 aliphatic heterocycles. The summed E-state index contributed by atoms with van der Waals surface area (Å²) in [5.41, 5.74) is 7.59. The molecule has 0 amide bonds. The van der Waals surface area contributed by atoms with Crippen molar-refractivity contribution in [1.82, 2.24) is 0 Å². The highest BCUT2D eigenvalue weighted by Gasteiger charge is 2.13. The minimum Gasteiger partial charge on any atom is -0.496 e. The molecule has 0 saturated carbocycles. The van der Waals surface area contributed by atoms with Gasteiger partial charge in [0.2, 0.25) is 0 Å². The monoisotopic (exact) mass is 379 g/mol. The number of nitrogens with two attached hydrogens (primary N) is 1. The zero-order chi connectivity index (χ0) is 19.7. The summed E-state index contributed by atoms with van der Waals surface area (Å²) in [6, 6.07) is 2.77. The fourth-order valence-electron chi connectivity index (χ4n) is 2.41. The first kappa shape index (κ1) is 22.0. The van der Waals surface area contributed by atoms with E-state index in [-0.39, 0.29) is 11.5 Å². The molecule has 1 aromatic carbocycles. The number of thiocarbonyl (C=S) groups is 1. The van der Waals surface area contributed by atoms with Crippen LogP contribution in [0, 0.1) is 5.82 Å². The molecule has 0 heterocycles. The van der Waals surface area contributed by atoms with Crippen molar-refractivity contribution in [2.24, 2.45) is 5.73 Å². The third-order valence-electron chi connectivity index (χ3n) is 3.93. The van der Waals surface area contributed by atoms with Gasteiger partial charge in [0, 0.05) is 22.9 Å². The zero-order valence-corrected chi connectivity index (χ0v) is 16.5. The van der Waals surface area contributed by atoms with Gasteiger partial charge >= 0.3 is 0 Å². The highest BCUT2D eigenvalue weighted by Crippen LogP contribution is 2.32. The lowest BCUT2D eigenvalue weighted by molar-refractivity contribution is -0.114. The number of allylic oxidation sites excluding steroid dienone is 3. The Kier molecular flexibility index (Phi) is 9.16. The van der Waals surface area contributed by atoms with E-state index in [2.05, 4.69) is 0 Å². The van der Waals surface area contributed by atoms with Crippen LogP contribution in [0.5, 0.6) is 11.5 Å². The summed E-state index contributed by atoms with van der Waals surface area (Å²) in [5, 5.41) is 0. The standard InChI is InChI=1S/C20H26FNO3S/c1-13(6-5-9-22)20(26)8-7-15(23)10-14(2)16-11-17(21)19(25-4)12-18(16)24-3/h6,10-12H,5,7-9,22H2,1-4H3. The molecule has 0 atom stereocenters. The lowest BCUT2D eigenvalue weighted by atomic mass is 10.0. The molecule has 6 heteroatoms. The molecule has 26 heavy (non-hydrogen) atoms. The first-order chi connectivity index (χ1) is 12.3. The van der Waals surface area contributed by atoms with Gasteiger partial charge < -0.3 is 15.2 Å². The van der Waals surface area contributed by atoms with Crippen LogP contribution in [0.1, 0.15) is 38.7 Å². The van der Waals surface area contributed by atoms with Crippen molar-refractivity contribution in [2.75, 3.05) is 20.8 Å². The van der Waals surface area contributed by atoms with Crippen LogP contribution in [-0.2, 0) is 4.79 Å². The maximum absolute atomic E-state index is 14.0. The largest absolute Gasteiger partial charge is 0.496 e. The van der Waals surface area contributed by atoms with Crippen LogP contribution in [0.2, 0.25) is 0 Å². The van der Waals surface area contributed by atoms with Crippen molar-refractivity contribution < 1.29 is 18.7 Å². The number of benzene rings is 1. The average molecular weight is 379 g/mol. The van der Waals surface area contributed by atoms with E-state index < -0.39 is 5.82 Å². The molecule has 0 aliphatic carbocycles. The van der Waals surface area contributed by atoms with Crippen LogP contribution in [0.15, 0.2) is 29.9 Å². The van der Waals surface area contributed by atoms with E-state index in [1.807, 2.05) is 13.0 Å². The number of ether oxygens (including phenoxy) is 2. The summed E-state index contributed by atoms with van der Waals surface area (Å²) in [4.78, 5) is 13.0. The molecule has 0 unspecified atom stereocenters. The third-order valence-corrected chi connectivity index (χ3v) is 4.46. The Morgan fingerprint density at radius 1 is 1.19 bits per heavy atom. The van der Waals surface area contributed by atoms with Crippen molar-refractivity contribution in [3.05, 3.63) is 41.2 Å². The third kappa shape index (κ3) is 6.35. The van der Waals surface area contributed by atoms with Gasteiger partial charge in [-0.1, -0.05) is 18.3 Å². The lowest BCUT2D eigenvalue weighted by Gasteiger charge is -2.12. The van der Waals surface area contributed by atoms with E-state index in [1.54, 1.807) is 6.92 Å². The van der Waals surface area contributed by atoms with Crippen molar-refractivity contribution >= 4 is 28.4 Å². The van der Waals surface area contributed by atoms with Gasteiger partial charge in [0.15, 0.2) is 17.3 Å². The Morgan fingerprint density at radius 3 is 2.42 bits per heavy atom. The fourth-order valence-corrected chi connectivity index (χ4v) is 2.59. The maximum Gasteiger partial charge on any atom is 0.165 e. The van der Waals surface area contributed by atoms with Gasteiger partial charge in [-0.15, -0.1) is 0 Å². The molecule has 142 valence electrons. The quantitative estimate of drug-likeness (QED) is 0.486. The van der Waals surface area contributed by atoms with Gasteiger partial charge in [-0.05, 0) is 56.5 Å². The van der Waals surface area contributed by atoms with Crippen molar-refractivity contribution in [3.8, 4) is 11.5 Å². The molecule has 4 nitrogen and oxygen atoms in total. The summed E-state index contributed by atoms with van der Waals surface area (Å²) >= 11 is 5.33. The predicted octanol–water partition coefficient (Wildman–Crippen LogP) is 4.26. The normalized spacial score (nSPS) is 12.1. The molecular formula is C20H26FNO3S. The second kappa shape index (κ2) is 10.8. The SMILES string of the molecule is COc1cc(OC)c(C(C)=CC(=O)CCC(=S)C(C)=CCCN)cc1F. The van der Waals surface area contributed by atoms with E-state index in [0.29, 0.717) is 36.3 Å². The summed E-state index contributed by atoms with van der Waals surface area (Å²) in [6.45, 7) is 4.24. The average Bonchev–Trinajstić information content (AvgIpc) is 2.63. The smallest absolute Gasteiger partial charge is 0.165 e. The second-order valence-corrected chi connectivity index (χ2v) is 6.36. The van der Waals surface area contributed by atoms with Crippen LogP contribution in [0.25, 0.3) is 5.57 Å². The van der Waals surface area contributed by atoms with Crippen LogP contribution >= 0.6 is 12.2 Å². The Hall–Kier alpha value is -2.05. The minimum absolute atomic E-state index is 0.0743. The molecule has 0 fully saturated rings. The summed E-state index contributed by atoms with van der Waals surface area (Å²) in [7, 11) is 2.87. The van der Waals surface area contributed by atoms with Crippen molar-refractivity contribution in [2.45, 2.75) is 33.1 Å². The summed E-state index contributed by atoms with van der Waals surface area (Å²) in [5.74, 6) is -0.0456. The first-order valence-electron chi connectivity index (χ1n) is 8.37. The molecule has 0 saturated heterocycles. The zero-order valence-electron chi connectivity index (χ0n) is 15.7. The van der Waals surface area contributed by atoms with Gasteiger partial charge in [-0.2, -0.15) is 0 Å². The number of carbonyl (C=O) groups is 1. The number of halogens is 1. The lowest BCUT2D eigenvalue weighted by Crippen LogP contribution is -2.03. The van der Waals surface area contributed by atoms with E-state index in [1.165, 1.54) is 32.4 Å². The van der Waals surface area contributed by atoms with Crippen molar-refractivity contribution in [1.29, 1.82) is 0 Å². The Balaban J connectivity index is 2.85. The molecule has 2 N–H and O–H groups in total. The van der Waals surface area contributed by atoms with Gasteiger partial charge in [0.05, 0.1) is 14.2 Å². The Morgan fingerprint density at radius 2 is 1.85 bits per heavy atom. The predicted molar refractivity (Wildman–Crippen MR) is 107 cm³/mol. The molecule has 0 aromatic heterocycles. The van der Waals surface area contributed by atoms with E-state index >= 15 is 0 Å². The van der Waals surface area contributed by atoms with E-state index in [0.717, 1.165) is 16.9 Å². The van der Waals surface area contributed by atoms with Gasteiger partial charge in [0.1, 0.15) is 5.75 Å². The Labute approximate surface area is 159 Å². The number of methoxy groups -OCH3 is 2. The minimum atomic E-state index is -0.509. The number of ketones is 1. The van der Waals surface area contributed by atoms with Gasteiger partial charge in [0.25, 0.3) is 0 Å². The molecule has 0 radical (unpaired) electrons. The molecule has 0 bridgehead atoms. The number of hydrogen-bond acceptors (Lipinski definition) is 5. The molecular weight excluding hydrogens is 353 g/mol. The fraction of sp³-hybridized carbons (Fsp3) is 0.400. The number of rotatable bonds is 10. The van der Waals surface area contributed by atoms with E-state index in [9.17, 15) is 9.18 Å². The maximum atomic E-state index is 14.0. The first-order valence-corrected chi connectivity index (χ1v) is 8.77. The molecule has 1 rings (SSSR count). The highest BCUT2D eigenvalue weighted by molar-refractivity contribution is 7.80. The van der Waals surface area contributed by atoms with Crippen LogP contribution in [0.4, 0.5) is 4.39 Å². The van der Waals surface area contributed by atoms with E-state index in [4.69, 9.17) is 27.4 Å². The highest BCUT2D eigenvalue weighted by atomic mass is 32.1. The molecule has 1 aromatic rings. The van der Waals surface area contributed by atoms with Gasteiger partial charge in [-0.3, -0.25) is 4.79 Å². The summed E-state index contributed by atoms with van der Waals surface area (Å²) < 4.78 is 24.2. The Bertz CT molecular complexity index is 726. The molecule has 0 aliphatic rings.